The van der Waals surface area contributed by atoms with Crippen LogP contribution in [0, 0.1) is 11.3 Å². The molecule has 1 saturated carbocycles. The highest BCUT2D eigenvalue weighted by molar-refractivity contribution is 5.82. The summed E-state index contributed by atoms with van der Waals surface area (Å²) in [4.78, 5) is 24.7. The number of esters is 1. The minimum atomic E-state index is -1.00. The quantitative estimate of drug-likeness (QED) is 0.602. The van der Waals surface area contributed by atoms with Crippen LogP contribution in [0.4, 0.5) is 0 Å². The third kappa shape index (κ3) is 1.38. The Labute approximate surface area is 138 Å². The van der Waals surface area contributed by atoms with Crippen molar-refractivity contribution in [3.63, 3.8) is 0 Å². The van der Waals surface area contributed by atoms with Crippen LogP contribution in [0.1, 0.15) is 37.7 Å². The minimum Gasteiger partial charge on any atom is -0.461 e. The topological polar surface area (TPSA) is 89.3 Å². The molecule has 6 heteroatoms. The molecule has 0 radical (unpaired) electrons. The summed E-state index contributed by atoms with van der Waals surface area (Å²) in [5, 5.41) is 10.7. The highest BCUT2D eigenvalue weighted by atomic mass is 16.6. The lowest BCUT2D eigenvalue weighted by atomic mass is 9.49. The molecule has 2 saturated heterocycles. The van der Waals surface area contributed by atoms with Gasteiger partial charge in [0.15, 0.2) is 0 Å². The van der Waals surface area contributed by atoms with Crippen LogP contribution < -0.4 is 5.63 Å². The molecule has 6 nitrogen and oxygen atoms in total. The van der Waals surface area contributed by atoms with E-state index in [4.69, 9.17) is 13.9 Å². The Morgan fingerprint density at radius 3 is 2.75 bits per heavy atom. The molecular weight excluding hydrogens is 312 g/mol. The summed E-state index contributed by atoms with van der Waals surface area (Å²) in [6, 6.07) is 1.55. The first-order chi connectivity index (χ1) is 11.3. The van der Waals surface area contributed by atoms with Crippen molar-refractivity contribution in [1.29, 1.82) is 0 Å². The summed E-state index contributed by atoms with van der Waals surface area (Å²) in [7, 11) is 0. The van der Waals surface area contributed by atoms with Crippen LogP contribution in [0.15, 0.2) is 15.3 Å². The van der Waals surface area contributed by atoms with Gasteiger partial charge in [-0.15, -0.1) is 0 Å². The molecule has 0 spiro atoms. The van der Waals surface area contributed by atoms with E-state index in [9.17, 15) is 14.7 Å². The van der Waals surface area contributed by atoms with Crippen LogP contribution in [0.5, 0.6) is 0 Å². The van der Waals surface area contributed by atoms with Crippen molar-refractivity contribution in [2.45, 2.75) is 63.4 Å². The molecule has 1 aromatic heterocycles. The maximum absolute atomic E-state index is 12.6. The first kappa shape index (κ1) is 14.7. The van der Waals surface area contributed by atoms with Gasteiger partial charge in [0.05, 0.1) is 12.2 Å². The molecule has 7 unspecified atom stereocenters. The zero-order valence-electron chi connectivity index (χ0n) is 13.9. The molecule has 128 valence electrons. The number of carbonyl (C=O) groups is 1. The number of aliphatic hydroxyl groups excluding tert-OH is 1. The summed E-state index contributed by atoms with van der Waals surface area (Å²) in [5.41, 5.74) is -0.0510. The van der Waals surface area contributed by atoms with E-state index in [1.54, 1.807) is 13.0 Å². The predicted octanol–water partition coefficient (Wildman–Crippen LogP) is 0.706. The van der Waals surface area contributed by atoms with Gasteiger partial charge in [-0.05, 0) is 18.1 Å². The van der Waals surface area contributed by atoms with E-state index in [1.807, 2.05) is 13.8 Å². The number of hydrogen-bond acceptors (Lipinski definition) is 6. The van der Waals surface area contributed by atoms with Gasteiger partial charge in [-0.3, -0.25) is 4.79 Å². The van der Waals surface area contributed by atoms with Gasteiger partial charge in [0.1, 0.15) is 23.4 Å². The maximum Gasteiger partial charge on any atom is 0.336 e. The molecule has 2 aliphatic carbocycles. The van der Waals surface area contributed by atoms with Gasteiger partial charge in [0.25, 0.3) is 0 Å². The third-order valence-electron chi connectivity index (χ3n) is 6.86. The monoisotopic (exact) mass is 332 g/mol. The van der Waals surface area contributed by atoms with E-state index in [2.05, 4.69) is 0 Å². The van der Waals surface area contributed by atoms with Crippen LogP contribution in [0.2, 0.25) is 0 Å². The van der Waals surface area contributed by atoms with Crippen molar-refractivity contribution < 1.29 is 23.8 Å². The van der Waals surface area contributed by atoms with Crippen molar-refractivity contribution in [2.75, 3.05) is 0 Å². The smallest absolute Gasteiger partial charge is 0.336 e. The predicted molar refractivity (Wildman–Crippen MR) is 81.6 cm³/mol. The third-order valence-corrected chi connectivity index (χ3v) is 6.86. The highest BCUT2D eigenvalue weighted by Crippen LogP contribution is 2.66. The molecule has 1 aromatic rings. The number of fused-ring (bicyclic) bond motifs is 4. The van der Waals surface area contributed by atoms with Crippen molar-refractivity contribution in [3.05, 3.63) is 33.4 Å². The molecule has 0 amide bonds. The molecule has 1 N–H and O–H groups in total. The zero-order valence-corrected chi connectivity index (χ0v) is 13.9. The maximum atomic E-state index is 12.6. The Hall–Kier alpha value is -1.66. The van der Waals surface area contributed by atoms with E-state index in [-0.39, 0.29) is 35.8 Å². The number of hydrogen-bond donors (Lipinski definition) is 1. The minimum absolute atomic E-state index is 0.201. The molecule has 3 heterocycles. The van der Waals surface area contributed by atoms with Gasteiger partial charge in [-0.25, -0.2) is 4.79 Å². The Kier molecular flexibility index (Phi) is 2.51. The van der Waals surface area contributed by atoms with Crippen LogP contribution >= 0.6 is 0 Å². The first-order valence-corrected chi connectivity index (χ1v) is 8.54. The van der Waals surface area contributed by atoms with Gasteiger partial charge in [0.2, 0.25) is 0 Å². The first-order valence-electron chi connectivity index (χ1n) is 8.54. The fourth-order valence-corrected chi connectivity index (χ4v) is 5.76. The molecule has 5 rings (SSSR count). The normalized spacial score (nSPS) is 47.5. The van der Waals surface area contributed by atoms with E-state index < -0.39 is 16.9 Å². The van der Waals surface area contributed by atoms with Crippen molar-refractivity contribution in [3.8, 4) is 0 Å². The lowest BCUT2D eigenvalue weighted by Crippen LogP contribution is -2.62. The Morgan fingerprint density at radius 1 is 1.29 bits per heavy atom. The lowest BCUT2D eigenvalue weighted by molar-refractivity contribution is -0.154. The van der Waals surface area contributed by atoms with Crippen molar-refractivity contribution >= 4 is 5.97 Å². The molecule has 0 bridgehead atoms. The van der Waals surface area contributed by atoms with Gasteiger partial charge in [0, 0.05) is 30.2 Å². The van der Waals surface area contributed by atoms with Crippen molar-refractivity contribution in [1.82, 2.24) is 0 Å². The number of aryl methyl sites for hydroxylation is 1. The molecular formula is C18H20O6. The molecule has 24 heavy (non-hydrogen) atoms. The summed E-state index contributed by atoms with van der Waals surface area (Å²) >= 11 is 0. The number of carbonyl (C=O) groups excluding carboxylic acids is 1. The second-order valence-corrected chi connectivity index (χ2v) is 7.89. The number of rotatable bonds is 1. The highest BCUT2D eigenvalue weighted by Gasteiger charge is 2.78. The number of ether oxygens (including phenoxy) is 2. The van der Waals surface area contributed by atoms with Gasteiger partial charge in [-0.2, -0.15) is 0 Å². The Morgan fingerprint density at radius 2 is 2.04 bits per heavy atom. The number of epoxide rings is 1. The van der Waals surface area contributed by atoms with Crippen molar-refractivity contribution in [2.24, 2.45) is 11.3 Å². The zero-order chi connectivity index (χ0) is 17.0. The second-order valence-electron chi connectivity index (χ2n) is 7.89. The van der Waals surface area contributed by atoms with E-state index in [0.29, 0.717) is 18.6 Å². The summed E-state index contributed by atoms with van der Waals surface area (Å²) < 4.78 is 16.9. The van der Waals surface area contributed by atoms with Crippen LogP contribution in [-0.4, -0.2) is 35.5 Å². The van der Waals surface area contributed by atoms with E-state index in [1.165, 1.54) is 0 Å². The van der Waals surface area contributed by atoms with Crippen LogP contribution in [0.25, 0.3) is 0 Å². The molecule has 3 fully saturated rings. The average Bonchev–Trinajstić information content (AvgIpc) is 3.29. The Balaban J connectivity index is 1.81. The van der Waals surface area contributed by atoms with Gasteiger partial charge >= 0.3 is 11.6 Å². The van der Waals surface area contributed by atoms with E-state index >= 15 is 0 Å². The standard InChI is InChI=1S/C18H20O6/c1-4-9-7-5-10-13-17(2,8(7)6-11(19)22-9)15-12(24-15)14(20)18(13,3)16(21)23-10/h6,10,12-15,20H,4-5H2,1-3H3. The van der Waals surface area contributed by atoms with Gasteiger partial charge in [-0.1, -0.05) is 13.8 Å². The summed E-state index contributed by atoms with van der Waals surface area (Å²) in [5.74, 6) is 0.0794. The molecule has 7 atom stereocenters. The summed E-state index contributed by atoms with van der Waals surface area (Å²) in [6.07, 6.45) is -0.648. The largest absolute Gasteiger partial charge is 0.461 e. The fraction of sp³-hybridized carbons (Fsp3) is 0.667. The van der Waals surface area contributed by atoms with Gasteiger partial charge < -0.3 is 19.0 Å². The van der Waals surface area contributed by atoms with Crippen LogP contribution in [-0.2, 0) is 32.5 Å². The fourth-order valence-electron chi connectivity index (χ4n) is 5.76. The SMILES string of the molecule is CCc1oc(=O)cc2c1CC1OC(=O)C3(C)C(O)C4OC4C2(C)C13. The molecule has 2 aliphatic heterocycles. The van der Waals surface area contributed by atoms with E-state index in [0.717, 1.165) is 11.1 Å². The molecule has 0 aromatic carbocycles. The van der Waals surface area contributed by atoms with Crippen LogP contribution in [0.3, 0.4) is 0 Å². The Bertz CT molecular complexity index is 827. The summed E-state index contributed by atoms with van der Waals surface area (Å²) in [6.45, 7) is 5.76. The second kappa shape index (κ2) is 4.11. The molecule has 4 aliphatic rings. The lowest BCUT2D eigenvalue weighted by Gasteiger charge is -2.50. The number of aliphatic hydroxyl groups is 1. The average molecular weight is 332 g/mol.